The Morgan fingerprint density at radius 1 is 0.667 bits per heavy atom. The average Bonchev–Trinajstić information content (AvgIpc) is 3.64. The van der Waals surface area contributed by atoms with Crippen molar-refractivity contribution in [2.24, 2.45) is 0 Å². The minimum absolute atomic E-state index is 0.130. The summed E-state index contributed by atoms with van der Waals surface area (Å²) in [5.74, 6) is -0.130. The van der Waals surface area contributed by atoms with Gasteiger partial charge in [0.25, 0.3) is 0 Å². The zero-order valence-corrected chi connectivity index (χ0v) is 19.1. The summed E-state index contributed by atoms with van der Waals surface area (Å²) in [6.45, 7) is 0. The van der Waals surface area contributed by atoms with Crippen LogP contribution in [0.15, 0.2) is 72.8 Å². The van der Waals surface area contributed by atoms with E-state index in [-0.39, 0.29) is 5.92 Å². The van der Waals surface area contributed by atoms with Crippen molar-refractivity contribution in [2.75, 3.05) is 0 Å². The molecule has 4 aromatic carbocycles. The molecular weight excluding hydrogens is 440 g/mol. The molecule has 8 aromatic rings. The van der Waals surface area contributed by atoms with Crippen LogP contribution in [0.5, 0.6) is 0 Å². The van der Waals surface area contributed by atoms with Gasteiger partial charge >= 0.3 is 0 Å². The summed E-state index contributed by atoms with van der Waals surface area (Å²) >= 11 is 0. The van der Waals surface area contributed by atoms with Crippen molar-refractivity contribution in [1.29, 1.82) is 10.5 Å². The maximum atomic E-state index is 9.96. The largest absolute Gasteiger partial charge is 0.308 e. The first-order valence-corrected chi connectivity index (χ1v) is 12.2. The van der Waals surface area contributed by atoms with Crippen LogP contribution in [0.3, 0.4) is 0 Å². The van der Waals surface area contributed by atoms with E-state index in [0.29, 0.717) is 5.56 Å². The maximum Gasteiger partial charge on any atom is 0.0999 e. The molecule has 36 heavy (non-hydrogen) atoms. The van der Waals surface area contributed by atoms with Crippen molar-refractivity contribution < 1.29 is 0 Å². The van der Waals surface area contributed by atoms with Crippen molar-refractivity contribution in [1.82, 2.24) is 8.80 Å². The molecule has 0 saturated heterocycles. The molecular formula is C32H16N4. The van der Waals surface area contributed by atoms with Crippen molar-refractivity contribution >= 4 is 71.5 Å². The number of para-hydroxylation sites is 2. The molecule has 0 radical (unpaired) electrons. The van der Waals surface area contributed by atoms with E-state index < -0.39 is 0 Å². The molecule has 4 nitrogen and oxygen atoms in total. The van der Waals surface area contributed by atoms with Crippen LogP contribution in [0.25, 0.3) is 71.5 Å². The molecule has 164 valence electrons. The molecule has 0 bridgehead atoms. The fourth-order valence-electron chi connectivity index (χ4n) is 6.97. The first-order chi connectivity index (χ1) is 17.8. The minimum Gasteiger partial charge on any atom is -0.308 e. The SMILES string of the molecule is N#Cc1ccc2c3cc4c(cc3n3c5ccccc5c1c23)c1c2c(c3ccccc3n24)C(C#N)CC=1. The number of nitrogens with zero attached hydrogens (tertiary/aromatic N) is 4. The van der Waals surface area contributed by atoms with Gasteiger partial charge in [0.2, 0.25) is 0 Å². The van der Waals surface area contributed by atoms with Crippen molar-refractivity contribution in [3.63, 3.8) is 0 Å². The monoisotopic (exact) mass is 456 g/mol. The second-order valence-corrected chi connectivity index (χ2v) is 9.89. The molecule has 1 atom stereocenters. The highest BCUT2D eigenvalue weighted by atomic mass is 14.9. The molecule has 0 amide bonds. The molecule has 9 rings (SSSR count). The van der Waals surface area contributed by atoms with Gasteiger partial charge in [-0.2, -0.15) is 10.5 Å². The van der Waals surface area contributed by atoms with E-state index >= 15 is 0 Å². The Labute approximate surface area is 204 Å². The first kappa shape index (κ1) is 18.3. The Kier molecular flexibility index (Phi) is 3.02. The Balaban J connectivity index is 1.59. The van der Waals surface area contributed by atoms with Gasteiger partial charge in [0.05, 0.1) is 56.7 Å². The third-order valence-corrected chi connectivity index (χ3v) is 8.34. The summed E-state index contributed by atoms with van der Waals surface area (Å²) in [7, 11) is 0. The maximum absolute atomic E-state index is 9.96. The molecule has 0 spiro atoms. The lowest BCUT2D eigenvalue weighted by Crippen LogP contribution is -2.09. The summed E-state index contributed by atoms with van der Waals surface area (Å²) in [6.07, 6.45) is 2.98. The third-order valence-electron chi connectivity index (χ3n) is 8.34. The molecule has 0 N–H and O–H groups in total. The van der Waals surface area contributed by atoms with E-state index in [1.807, 2.05) is 12.1 Å². The third kappa shape index (κ3) is 1.84. The molecule has 4 aromatic heterocycles. The number of hydrogen-bond donors (Lipinski definition) is 0. The van der Waals surface area contributed by atoms with E-state index in [9.17, 15) is 10.5 Å². The highest BCUT2D eigenvalue weighted by molar-refractivity contribution is 6.26. The smallest absolute Gasteiger partial charge is 0.0999 e. The molecule has 0 fully saturated rings. The van der Waals surface area contributed by atoms with Gasteiger partial charge in [-0.1, -0.05) is 48.5 Å². The molecule has 1 unspecified atom stereocenters. The van der Waals surface area contributed by atoms with Crippen LogP contribution in [-0.4, -0.2) is 8.80 Å². The van der Waals surface area contributed by atoms with Gasteiger partial charge < -0.3 is 8.80 Å². The zero-order valence-electron chi connectivity index (χ0n) is 19.1. The second kappa shape index (κ2) is 5.95. The van der Waals surface area contributed by atoms with Crippen molar-refractivity contribution in [3.05, 3.63) is 89.1 Å². The quantitative estimate of drug-likeness (QED) is 0.253. The van der Waals surface area contributed by atoms with Crippen LogP contribution in [-0.2, 0) is 0 Å². The van der Waals surface area contributed by atoms with Crippen LogP contribution < -0.4 is 5.22 Å². The number of benzene rings is 4. The lowest BCUT2D eigenvalue weighted by Gasteiger charge is -2.10. The fourth-order valence-corrected chi connectivity index (χ4v) is 6.97. The van der Waals surface area contributed by atoms with Gasteiger partial charge in [-0.3, -0.25) is 0 Å². The first-order valence-electron chi connectivity index (χ1n) is 12.2. The molecule has 1 aliphatic carbocycles. The predicted octanol–water partition coefficient (Wildman–Crippen LogP) is 6.78. The summed E-state index contributed by atoms with van der Waals surface area (Å²) in [5.41, 5.74) is 8.78. The summed E-state index contributed by atoms with van der Waals surface area (Å²) in [5, 5.41) is 28.0. The standard InChI is InChI=1S/C32H16N4/c33-15-17-9-11-19-23-14-28-24(13-27(23)35-25-7-3-1-5-21(25)29(17)31(19)35)20-12-10-18(16-34)30-22-6-2-4-8-26(22)36(28)32(20)30/h1-9,11-14,18H,10H2. The van der Waals surface area contributed by atoms with Crippen LogP contribution in [0, 0.1) is 22.7 Å². The van der Waals surface area contributed by atoms with E-state index in [1.165, 1.54) is 37.8 Å². The average molecular weight is 457 g/mol. The number of nitriles is 2. The fraction of sp³-hybridized carbons (Fsp3) is 0.0625. The van der Waals surface area contributed by atoms with Crippen LogP contribution >= 0.6 is 0 Å². The van der Waals surface area contributed by atoms with Crippen LogP contribution in [0.1, 0.15) is 23.5 Å². The Morgan fingerprint density at radius 2 is 1.36 bits per heavy atom. The van der Waals surface area contributed by atoms with E-state index in [4.69, 9.17) is 0 Å². The van der Waals surface area contributed by atoms with Crippen LogP contribution in [0.2, 0.25) is 0 Å². The highest BCUT2D eigenvalue weighted by Gasteiger charge is 2.27. The summed E-state index contributed by atoms with van der Waals surface area (Å²) in [4.78, 5) is 0. The molecule has 1 aliphatic rings. The van der Waals surface area contributed by atoms with E-state index in [2.05, 4.69) is 87.7 Å². The Hall–Kier alpha value is -5.06. The minimum atomic E-state index is -0.130. The normalized spacial score (nSPS) is 15.6. The number of aromatic nitrogens is 2. The van der Waals surface area contributed by atoms with Crippen molar-refractivity contribution in [2.45, 2.75) is 12.3 Å². The zero-order chi connectivity index (χ0) is 23.7. The van der Waals surface area contributed by atoms with Gasteiger partial charge in [0.15, 0.2) is 0 Å². The predicted molar refractivity (Wildman–Crippen MR) is 144 cm³/mol. The Morgan fingerprint density at radius 3 is 2.17 bits per heavy atom. The molecule has 0 saturated carbocycles. The lowest BCUT2D eigenvalue weighted by atomic mass is 9.90. The second-order valence-electron chi connectivity index (χ2n) is 9.89. The summed E-state index contributed by atoms with van der Waals surface area (Å²) in [6, 6.07) is 30.5. The van der Waals surface area contributed by atoms with Gasteiger partial charge in [-0.05, 0) is 36.8 Å². The molecule has 4 heterocycles. The van der Waals surface area contributed by atoms with E-state index in [0.717, 1.165) is 44.8 Å². The Bertz CT molecular complexity index is 2420. The number of fused-ring (bicyclic) bond motifs is 12. The van der Waals surface area contributed by atoms with Gasteiger partial charge in [-0.25, -0.2) is 0 Å². The summed E-state index contributed by atoms with van der Waals surface area (Å²) < 4.78 is 4.70. The van der Waals surface area contributed by atoms with Gasteiger partial charge in [0.1, 0.15) is 0 Å². The number of hydrogen-bond acceptors (Lipinski definition) is 2. The van der Waals surface area contributed by atoms with Crippen LogP contribution in [0.4, 0.5) is 0 Å². The molecule has 4 heteroatoms. The van der Waals surface area contributed by atoms with Gasteiger partial charge in [-0.15, -0.1) is 0 Å². The van der Waals surface area contributed by atoms with E-state index in [1.54, 1.807) is 0 Å². The lowest BCUT2D eigenvalue weighted by molar-refractivity contribution is 0.912. The van der Waals surface area contributed by atoms with Gasteiger partial charge in [0, 0.05) is 43.1 Å². The molecule has 0 aliphatic heterocycles. The van der Waals surface area contributed by atoms with Crippen molar-refractivity contribution in [3.8, 4) is 12.1 Å². The highest BCUT2D eigenvalue weighted by Crippen LogP contribution is 2.43. The topological polar surface area (TPSA) is 56.4 Å². The number of rotatable bonds is 0.